The zero-order valence-corrected chi connectivity index (χ0v) is 17.1. The van der Waals surface area contributed by atoms with E-state index in [0.29, 0.717) is 28.8 Å². The Balaban J connectivity index is 1.44. The van der Waals surface area contributed by atoms with Gasteiger partial charge in [-0.2, -0.15) is 0 Å². The number of furan rings is 1. The van der Waals surface area contributed by atoms with Gasteiger partial charge >= 0.3 is 0 Å². The number of carbonyl (C=O) groups excluding carboxylic acids is 2. The van der Waals surface area contributed by atoms with Crippen LogP contribution in [-0.2, 0) is 11.4 Å². The maximum Gasteiger partial charge on any atom is 0.287 e. The van der Waals surface area contributed by atoms with Crippen molar-refractivity contribution in [3.63, 3.8) is 0 Å². The molecule has 156 valence electrons. The number of rotatable bonds is 9. The van der Waals surface area contributed by atoms with Gasteiger partial charge in [-0.25, -0.2) is 0 Å². The van der Waals surface area contributed by atoms with Gasteiger partial charge < -0.3 is 24.5 Å². The van der Waals surface area contributed by atoms with Crippen molar-refractivity contribution in [2.24, 2.45) is 0 Å². The van der Waals surface area contributed by atoms with Crippen molar-refractivity contribution in [3.8, 4) is 11.5 Å². The molecule has 2 aromatic carbocycles. The molecule has 30 heavy (non-hydrogen) atoms. The van der Waals surface area contributed by atoms with E-state index < -0.39 is 5.91 Å². The van der Waals surface area contributed by atoms with Crippen LogP contribution in [-0.4, -0.2) is 25.0 Å². The second-order valence-corrected chi connectivity index (χ2v) is 6.63. The number of amides is 2. The zero-order valence-electron chi connectivity index (χ0n) is 16.3. The number of nitrogens with one attached hydrogen (secondary N) is 2. The largest absolute Gasteiger partial charge is 0.494 e. The topological polar surface area (TPSA) is 89.8 Å². The summed E-state index contributed by atoms with van der Waals surface area (Å²) in [5.41, 5.74) is 0.609. The quantitative estimate of drug-likeness (QED) is 0.531. The van der Waals surface area contributed by atoms with Crippen molar-refractivity contribution in [2.45, 2.75) is 13.5 Å². The van der Waals surface area contributed by atoms with E-state index in [1.807, 2.05) is 6.92 Å². The average molecular weight is 429 g/mol. The number of hydrogen-bond acceptors (Lipinski definition) is 5. The predicted octanol–water partition coefficient (Wildman–Crippen LogP) is 4.28. The van der Waals surface area contributed by atoms with Gasteiger partial charge in [-0.05, 0) is 67.6 Å². The van der Waals surface area contributed by atoms with E-state index in [1.165, 1.54) is 6.07 Å². The van der Waals surface area contributed by atoms with Gasteiger partial charge in [0.05, 0.1) is 13.2 Å². The Morgan fingerprint density at radius 3 is 2.30 bits per heavy atom. The lowest BCUT2D eigenvalue weighted by Gasteiger charge is -2.07. The molecule has 0 saturated carbocycles. The highest BCUT2D eigenvalue weighted by molar-refractivity contribution is 6.30. The molecule has 2 N–H and O–H groups in total. The SMILES string of the molecule is CCOc1ccc(NC(=O)CNC(=O)c2ccc(COc3ccc(Cl)cc3)o2)cc1. The number of hydrogen-bond donors (Lipinski definition) is 2. The minimum absolute atomic E-state index is 0.0959. The fourth-order valence-corrected chi connectivity index (χ4v) is 2.64. The summed E-state index contributed by atoms with van der Waals surface area (Å²) in [7, 11) is 0. The third-order valence-corrected chi connectivity index (χ3v) is 4.19. The van der Waals surface area contributed by atoms with Crippen LogP contribution in [0.25, 0.3) is 0 Å². The smallest absolute Gasteiger partial charge is 0.287 e. The maximum absolute atomic E-state index is 12.2. The minimum Gasteiger partial charge on any atom is -0.494 e. The third kappa shape index (κ3) is 6.28. The Morgan fingerprint density at radius 1 is 0.933 bits per heavy atom. The van der Waals surface area contributed by atoms with Gasteiger partial charge in [-0.15, -0.1) is 0 Å². The molecule has 0 aliphatic heterocycles. The molecule has 1 aromatic heterocycles. The van der Waals surface area contributed by atoms with Crippen molar-refractivity contribution in [1.29, 1.82) is 0 Å². The highest BCUT2D eigenvalue weighted by Gasteiger charge is 2.13. The summed E-state index contributed by atoms with van der Waals surface area (Å²) in [6.07, 6.45) is 0. The first-order chi connectivity index (χ1) is 14.5. The van der Waals surface area contributed by atoms with Crippen LogP contribution in [0.5, 0.6) is 11.5 Å². The number of benzene rings is 2. The van der Waals surface area contributed by atoms with Crippen LogP contribution < -0.4 is 20.1 Å². The lowest BCUT2D eigenvalue weighted by atomic mass is 10.3. The molecule has 3 aromatic rings. The molecule has 0 unspecified atom stereocenters. The normalized spacial score (nSPS) is 10.3. The summed E-state index contributed by atoms with van der Waals surface area (Å²) in [5.74, 6) is 1.08. The molecule has 3 rings (SSSR count). The van der Waals surface area contributed by atoms with Crippen LogP contribution in [0, 0.1) is 0 Å². The van der Waals surface area contributed by atoms with E-state index in [0.717, 1.165) is 5.75 Å². The van der Waals surface area contributed by atoms with E-state index in [9.17, 15) is 9.59 Å². The molecule has 0 radical (unpaired) electrons. The van der Waals surface area contributed by atoms with Crippen LogP contribution in [0.2, 0.25) is 5.02 Å². The second kappa shape index (κ2) is 10.4. The van der Waals surface area contributed by atoms with Crippen molar-refractivity contribution in [1.82, 2.24) is 5.32 Å². The highest BCUT2D eigenvalue weighted by Crippen LogP contribution is 2.18. The van der Waals surface area contributed by atoms with Crippen molar-refractivity contribution in [3.05, 3.63) is 77.2 Å². The monoisotopic (exact) mass is 428 g/mol. The average Bonchev–Trinajstić information content (AvgIpc) is 3.22. The van der Waals surface area contributed by atoms with Gasteiger partial charge in [-0.3, -0.25) is 9.59 Å². The van der Waals surface area contributed by atoms with Crippen molar-refractivity contribution < 1.29 is 23.5 Å². The standard InChI is InChI=1S/C22H21ClN2O5/c1-2-28-17-9-5-16(6-10-17)25-21(26)13-24-22(27)20-12-11-19(30-20)14-29-18-7-3-15(23)4-8-18/h3-12H,2,13-14H2,1H3,(H,24,27)(H,25,26). The Labute approximate surface area is 178 Å². The first kappa shape index (κ1) is 21.3. The van der Waals surface area contributed by atoms with E-state index in [1.54, 1.807) is 54.6 Å². The summed E-state index contributed by atoms with van der Waals surface area (Å²) in [5, 5.41) is 5.83. The summed E-state index contributed by atoms with van der Waals surface area (Å²) in [4.78, 5) is 24.2. The molecule has 8 heteroatoms. The number of halogens is 1. The van der Waals surface area contributed by atoms with Crippen LogP contribution in [0.4, 0.5) is 5.69 Å². The number of carbonyl (C=O) groups is 2. The third-order valence-electron chi connectivity index (χ3n) is 3.94. The van der Waals surface area contributed by atoms with Crippen LogP contribution in [0.1, 0.15) is 23.2 Å². The highest BCUT2D eigenvalue weighted by atomic mass is 35.5. The summed E-state index contributed by atoms with van der Waals surface area (Å²) >= 11 is 5.83. The van der Waals surface area contributed by atoms with Crippen LogP contribution in [0.3, 0.4) is 0 Å². The van der Waals surface area contributed by atoms with Gasteiger partial charge in [0.25, 0.3) is 5.91 Å². The molecule has 0 atom stereocenters. The van der Waals surface area contributed by atoms with Crippen molar-refractivity contribution >= 4 is 29.1 Å². The molecule has 2 amide bonds. The molecule has 0 fully saturated rings. The molecule has 1 heterocycles. The predicted molar refractivity (Wildman–Crippen MR) is 113 cm³/mol. The van der Waals surface area contributed by atoms with Gasteiger partial charge in [-0.1, -0.05) is 11.6 Å². The summed E-state index contributed by atoms with van der Waals surface area (Å²) in [6, 6.07) is 17.1. The maximum atomic E-state index is 12.2. The van der Waals surface area contributed by atoms with E-state index in [4.69, 9.17) is 25.5 Å². The molecule has 0 saturated heterocycles. The van der Waals surface area contributed by atoms with Gasteiger partial charge in [0.1, 0.15) is 23.9 Å². The van der Waals surface area contributed by atoms with Gasteiger partial charge in [0.15, 0.2) is 5.76 Å². The molecule has 0 aliphatic rings. The van der Waals surface area contributed by atoms with Gasteiger partial charge in [0.2, 0.25) is 5.91 Å². The van der Waals surface area contributed by atoms with E-state index in [2.05, 4.69) is 10.6 Å². The molecule has 0 bridgehead atoms. The molecule has 0 spiro atoms. The Kier molecular flexibility index (Phi) is 7.34. The minimum atomic E-state index is -0.491. The van der Waals surface area contributed by atoms with Gasteiger partial charge in [0, 0.05) is 10.7 Å². The van der Waals surface area contributed by atoms with E-state index in [-0.39, 0.29) is 24.8 Å². The fraction of sp³-hybridized carbons (Fsp3) is 0.182. The molecular weight excluding hydrogens is 408 g/mol. The lowest BCUT2D eigenvalue weighted by molar-refractivity contribution is -0.115. The molecule has 0 aliphatic carbocycles. The molecular formula is C22H21ClN2O5. The van der Waals surface area contributed by atoms with Crippen LogP contribution >= 0.6 is 11.6 Å². The second-order valence-electron chi connectivity index (χ2n) is 6.20. The van der Waals surface area contributed by atoms with Crippen LogP contribution in [0.15, 0.2) is 65.1 Å². The zero-order chi connectivity index (χ0) is 21.3. The lowest BCUT2D eigenvalue weighted by Crippen LogP contribution is -2.32. The summed E-state index contributed by atoms with van der Waals surface area (Å²) in [6.45, 7) is 2.43. The Morgan fingerprint density at radius 2 is 1.60 bits per heavy atom. The Hall–Kier alpha value is -3.45. The summed E-state index contributed by atoms with van der Waals surface area (Å²) < 4.78 is 16.4. The molecule has 7 nitrogen and oxygen atoms in total. The number of anilines is 1. The number of ether oxygens (including phenoxy) is 2. The van der Waals surface area contributed by atoms with Crippen molar-refractivity contribution in [2.75, 3.05) is 18.5 Å². The first-order valence-corrected chi connectivity index (χ1v) is 9.69. The van der Waals surface area contributed by atoms with E-state index >= 15 is 0 Å². The Bertz CT molecular complexity index is 984. The first-order valence-electron chi connectivity index (χ1n) is 9.31. The fourth-order valence-electron chi connectivity index (χ4n) is 2.52.